The number of hydrogen-bond acceptors (Lipinski definition) is 7. The maximum absolute atomic E-state index is 11.7. The lowest BCUT2D eigenvalue weighted by Crippen LogP contribution is -2.45. The fourth-order valence-electron chi connectivity index (χ4n) is 2.17. The molecule has 4 atom stereocenters. The van der Waals surface area contributed by atoms with Crippen LogP contribution in [0.15, 0.2) is 0 Å². The largest absolute Gasteiger partial charge is 0.480 e. The quantitative estimate of drug-likeness (QED) is 0.199. The molecule has 0 aromatic rings. The van der Waals surface area contributed by atoms with E-state index < -0.39 is 18.0 Å². The summed E-state index contributed by atoms with van der Waals surface area (Å²) < 4.78 is 5.13. The predicted molar refractivity (Wildman–Crippen MR) is 91.5 cm³/mol. The van der Waals surface area contributed by atoms with Gasteiger partial charge in [0.15, 0.2) is 0 Å². The fourth-order valence-corrected chi connectivity index (χ4v) is 2.33. The number of thiol groups is 1. The van der Waals surface area contributed by atoms with Crippen molar-refractivity contribution in [3.05, 3.63) is 0 Å². The van der Waals surface area contributed by atoms with E-state index in [4.69, 9.17) is 4.74 Å². The van der Waals surface area contributed by atoms with Gasteiger partial charge in [-0.3, -0.25) is 14.9 Å². The minimum absolute atomic E-state index is 0.0807. The fraction of sp³-hybridized carbons (Fsp3) is 0.867. The molecular weight excluding hydrogens is 320 g/mol. The molecule has 0 saturated heterocycles. The van der Waals surface area contributed by atoms with Gasteiger partial charge in [0.2, 0.25) is 0 Å². The molecule has 4 unspecified atom stereocenters. The van der Waals surface area contributed by atoms with E-state index in [2.05, 4.69) is 23.3 Å². The van der Waals surface area contributed by atoms with Crippen LogP contribution in [0.5, 0.6) is 0 Å². The molecule has 0 bridgehead atoms. The van der Waals surface area contributed by atoms with Gasteiger partial charge in [0.1, 0.15) is 6.04 Å². The van der Waals surface area contributed by atoms with Crippen molar-refractivity contribution >= 4 is 24.6 Å². The van der Waals surface area contributed by atoms with Gasteiger partial charge in [0, 0.05) is 17.5 Å². The Morgan fingerprint density at radius 2 is 1.78 bits per heavy atom. The van der Waals surface area contributed by atoms with Crippen LogP contribution in [0.25, 0.3) is 0 Å². The van der Waals surface area contributed by atoms with Crippen molar-refractivity contribution in [1.29, 1.82) is 0 Å². The second-order valence-corrected chi connectivity index (χ2v) is 6.82. The van der Waals surface area contributed by atoms with E-state index in [0.717, 1.165) is 0 Å². The molecule has 8 heteroatoms. The Morgan fingerprint density at radius 3 is 2.22 bits per heavy atom. The van der Waals surface area contributed by atoms with E-state index in [1.54, 1.807) is 13.8 Å². The Bertz CT molecular complexity index is 366. The number of hydrogen-bond donors (Lipinski definition) is 5. The molecular formula is C15H30N2O5S. The van der Waals surface area contributed by atoms with Gasteiger partial charge in [0.05, 0.1) is 19.6 Å². The van der Waals surface area contributed by atoms with Gasteiger partial charge in [-0.1, -0.05) is 20.8 Å². The van der Waals surface area contributed by atoms with Crippen LogP contribution in [0.3, 0.4) is 0 Å². The summed E-state index contributed by atoms with van der Waals surface area (Å²) in [7, 11) is 0. The summed E-state index contributed by atoms with van der Waals surface area (Å²) in [5.41, 5.74) is 0. The summed E-state index contributed by atoms with van der Waals surface area (Å²) in [6, 6.07) is -0.919. The lowest BCUT2D eigenvalue weighted by molar-refractivity contribution is -0.145. The van der Waals surface area contributed by atoms with Gasteiger partial charge in [-0.25, -0.2) is 0 Å². The number of ether oxygens (including phenoxy) is 1. The molecule has 7 nitrogen and oxygen atoms in total. The maximum Gasteiger partial charge on any atom is 0.321 e. The Labute approximate surface area is 143 Å². The number of aliphatic carboxylic acids is 1. The van der Waals surface area contributed by atoms with E-state index in [1.807, 2.05) is 13.8 Å². The topological polar surface area (TPSA) is 108 Å². The molecule has 0 fully saturated rings. The van der Waals surface area contributed by atoms with Crippen LogP contribution in [0, 0.1) is 5.92 Å². The van der Waals surface area contributed by atoms with E-state index in [1.165, 1.54) is 0 Å². The zero-order valence-electron chi connectivity index (χ0n) is 14.3. The highest BCUT2D eigenvalue weighted by molar-refractivity contribution is 7.80. The third-order valence-electron chi connectivity index (χ3n) is 3.29. The Kier molecular flexibility index (Phi) is 11.2. The first kappa shape index (κ1) is 22.2. The molecule has 0 aromatic heterocycles. The van der Waals surface area contributed by atoms with E-state index >= 15 is 0 Å². The predicted octanol–water partition coefficient (Wildman–Crippen LogP) is 0.623. The zero-order chi connectivity index (χ0) is 18.0. The van der Waals surface area contributed by atoms with Gasteiger partial charge in [-0.05, 0) is 19.3 Å². The number of rotatable bonds is 12. The van der Waals surface area contributed by atoms with Gasteiger partial charge in [-0.2, -0.15) is 12.6 Å². The first-order valence-electron chi connectivity index (χ1n) is 7.86. The van der Waals surface area contributed by atoms with Crippen molar-refractivity contribution in [2.75, 3.05) is 13.2 Å². The van der Waals surface area contributed by atoms with Crippen LogP contribution in [0.4, 0.5) is 0 Å². The number of nitrogens with one attached hydrogen (secondary N) is 2. The molecule has 136 valence electrons. The average Bonchev–Trinajstić information content (AvgIpc) is 2.42. The highest BCUT2D eigenvalue weighted by Crippen LogP contribution is 2.11. The third kappa shape index (κ3) is 10.5. The van der Waals surface area contributed by atoms with Gasteiger partial charge in [0.25, 0.3) is 0 Å². The van der Waals surface area contributed by atoms with Crippen LogP contribution in [0.2, 0.25) is 0 Å². The Balaban J connectivity index is 4.20. The molecule has 0 aliphatic rings. The van der Waals surface area contributed by atoms with Crippen LogP contribution in [0.1, 0.15) is 40.5 Å². The van der Waals surface area contributed by atoms with Crippen molar-refractivity contribution in [2.45, 2.75) is 64.0 Å². The summed E-state index contributed by atoms with van der Waals surface area (Å²) in [5, 5.41) is 24.1. The standard InChI is InChI=1S/C15H30N2O5S/c1-9(2)16-12(8-18)7-13(19)22-6-5-10(3)14(15(20)21)17-11(4)23/h9-12,14,16-18,23H,5-8H2,1-4H3,(H,20,21). The van der Waals surface area contributed by atoms with Gasteiger partial charge in [-0.15, -0.1) is 0 Å². The maximum atomic E-state index is 11.7. The zero-order valence-corrected chi connectivity index (χ0v) is 15.2. The van der Waals surface area contributed by atoms with Crippen molar-refractivity contribution in [1.82, 2.24) is 10.6 Å². The molecule has 0 spiro atoms. The average molecular weight is 350 g/mol. The lowest BCUT2D eigenvalue weighted by atomic mass is 9.99. The molecule has 0 rings (SSSR count). The first-order chi connectivity index (χ1) is 10.7. The Hall–Kier alpha value is -0.830. The van der Waals surface area contributed by atoms with Crippen molar-refractivity contribution in [2.24, 2.45) is 5.92 Å². The number of carbonyl (C=O) groups excluding carboxylic acids is 1. The minimum atomic E-state index is -0.953. The van der Waals surface area contributed by atoms with Crippen LogP contribution in [-0.2, 0) is 14.3 Å². The van der Waals surface area contributed by atoms with Crippen LogP contribution in [-0.4, -0.2) is 58.9 Å². The van der Waals surface area contributed by atoms with E-state index in [-0.39, 0.29) is 43.0 Å². The SMILES string of the molecule is CC(C)NC(CO)CC(=O)OCCC(C)C(NC(C)S)C(=O)O. The van der Waals surface area contributed by atoms with Crippen LogP contribution >= 0.6 is 12.6 Å². The van der Waals surface area contributed by atoms with Crippen LogP contribution < -0.4 is 10.6 Å². The second kappa shape index (κ2) is 11.7. The second-order valence-electron chi connectivity index (χ2n) is 6.05. The highest BCUT2D eigenvalue weighted by atomic mass is 32.1. The number of carbonyl (C=O) groups is 2. The molecule has 0 saturated carbocycles. The minimum Gasteiger partial charge on any atom is -0.480 e. The number of carboxylic acid groups (broad SMARTS) is 1. The smallest absolute Gasteiger partial charge is 0.321 e. The molecule has 0 aliphatic carbocycles. The molecule has 0 radical (unpaired) electrons. The van der Waals surface area contributed by atoms with Gasteiger partial charge < -0.3 is 20.3 Å². The van der Waals surface area contributed by atoms with Crippen molar-refractivity contribution < 1.29 is 24.5 Å². The summed E-state index contributed by atoms with van der Waals surface area (Å²) >= 11 is 4.14. The molecule has 0 amide bonds. The summed E-state index contributed by atoms with van der Waals surface area (Å²) in [4.78, 5) is 23.0. The highest BCUT2D eigenvalue weighted by Gasteiger charge is 2.25. The first-order valence-corrected chi connectivity index (χ1v) is 8.38. The molecule has 0 aromatic carbocycles. The molecule has 4 N–H and O–H groups in total. The number of aliphatic hydroxyl groups excluding tert-OH is 1. The van der Waals surface area contributed by atoms with Gasteiger partial charge >= 0.3 is 11.9 Å². The Morgan fingerprint density at radius 1 is 1.17 bits per heavy atom. The molecule has 23 heavy (non-hydrogen) atoms. The number of esters is 1. The van der Waals surface area contributed by atoms with Crippen molar-refractivity contribution in [3.8, 4) is 0 Å². The number of aliphatic hydroxyl groups is 1. The monoisotopic (exact) mass is 350 g/mol. The summed E-state index contributed by atoms with van der Waals surface area (Å²) in [5.74, 6) is -1.57. The third-order valence-corrected chi connectivity index (χ3v) is 3.44. The summed E-state index contributed by atoms with van der Waals surface area (Å²) in [6.07, 6.45) is 0.509. The van der Waals surface area contributed by atoms with Crippen molar-refractivity contribution in [3.63, 3.8) is 0 Å². The van der Waals surface area contributed by atoms with E-state index in [0.29, 0.717) is 6.42 Å². The number of carboxylic acids is 1. The lowest BCUT2D eigenvalue weighted by Gasteiger charge is -2.23. The molecule has 0 heterocycles. The molecule has 0 aliphatic heterocycles. The van der Waals surface area contributed by atoms with E-state index in [9.17, 15) is 19.8 Å². The summed E-state index contributed by atoms with van der Waals surface area (Å²) in [6.45, 7) is 7.39. The normalized spacial score (nSPS) is 16.7.